The molecule has 5 aromatic rings. The molecule has 0 atom stereocenters. The molecular formula is C45H52N6O6. The molecule has 57 heavy (non-hydrogen) atoms. The van der Waals surface area contributed by atoms with Gasteiger partial charge in [-0.05, 0) is 85.7 Å². The van der Waals surface area contributed by atoms with E-state index in [-0.39, 0.29) is 29.2 Å². The number of phenols is 1. The highest BCUT2D eigenvalue weighted by atomic mass is 16.6. The van der Waals surface area contributed by atoms with Gasteiger partial charge in [-0.25, -0.2) is 4.79 Å². The molecule has 0 bridgehead atoms. The average Bonchev–Trinajstić information content (AvgIpc) is 3.21. The predicted octanol–water partition coefficient (Wildman–Crippen LogP) is 6.82. The first-order valence-electron chi connectivity index (χ1n) is 19.7. The number of benzene rings is 4. The fourth-order valence-electron chi connectivity index (χ4n) is 7.21. The molecular weight excluding hydrogens is 721 g/mol. The second kappa shape index (κ2) is 19.7. The lowest BCUT2D eigenvalue weighted by molar-refractivity contribution is -0.130. The minimum atomic E-state index is -0.463. The Balaban J connectivity index is 0.837. The summed E-state index contributed by atoms with van der Waals surface area (Å²) in [5.74, 6) is 0.00303. The normalized spacial score (nSPS) is 13.3. The van der Waals surface area contributed by atoms with E-state index in [2.05, 4.69) is 31.9 Å². The van der Waals surface area contributed by atoms with E-state index in [1.54, 1.807) is 24.1 Å². The number of hydrogen-bond donors (Lipinski definition) is 5. The first-order valence-corrected chi connectivity index (χ1v) is 19.7. The Morgan fingerprint density at radius 3 is 2.46 bits per heavy atom. The van der Waals surface area contributed by atoms with E-state index in [9.17, 15) is 24.3 Å². The Kier molecular flexibility index (Phi) is 14.1. The highest BCUT2D eigenvalue weighted by Crippen LogP contribution is 2.28. The lowest BCUT2D eigenvalue weighted by Crippen LogP contribution is -2.40. The van der Waals surface area contributed by atoms with Crippen molar-refractivity contribution in [2.75, 3.05) is 50.4 Å². The van der Waals surface area contributed by atoms with E-state index in [0.717, 1.165) is 58.4 Å². The summed E-state index contributed by atoms with van der Waals surface area (Å²) in [5, 5.41) is 20.3. The van der Waals surface area contributed by atoms with Crippen LogP contribution in [0.25, 0.3) is 22.0 Å². The van der Waals surface area contributed by atoms with E-state index < -0.39 is 6.09 Å². The lowest BCUT2D eigenvalue weighted by Gasteiger charge is -2.31. The Hall–Kier alpha value is -5.98. The first kappa shape index (κ1) is 40.7. The van der Waals surface area contributed by atoms with E-state index in [1.165, 1.54) is 6.07 Å². The highest BCUT2D eigenvalue weighted by molar-refractivity contribution is 5.92. The molecule has 3 amide bonds. The molecule has 0 radical (unpaired) electrons. The van der Waals surface area contributed by atoms with Crippen molar-refractivity contribution in [1.29, 1.82) is 0 Å². The van der Waals surface area contributed by atoms with Crippen LogP contribution in [-0.2, 0) is 27.3 Å². The molecule has 12 heteroatoms. The number of aromatic amines is 1. The zero-order chi connectivity index (χ0) is 40.1. The number of ether oxygens (including phenoxy) is 1. The van der Waals surface area contributed by atoms with Crippen LogP contribution in [-0.4, -0.2) is 83.7 Å². The number of likely N-dealkylation sites (tertiary alicyclic amines) is 1. The third-order valence-corrected chi connectivity index (χ3v) is 10.5. The molecule has 1 aromatic heterocycles. The van der Waals surface area contributed by atoms with Crippen LogP contribution in [0.2, 0.25) is 0 Å². The number of nitrogens with zero attached hydrogens (tertiary/aromatic N) is 2. The minimum absolute atomic E-state index is 0.0399. The minimum Gasteiger partial charge on any atom is -0.506 e. The predicted molar refractivity (Wildman–Crippen MR) is 224 cm³/mol. The van der Waals surface area contributed by atoms with Gasteiger partial charge in [-0.2, -0.15) is 0 Å². The number of aromatic hydroxyl groups is 1. The monoisotopic (exact) mass is 772 g/mol. The SMILES string of the molecule is Cc1cc(CNCCc2ccc(O)c3[nH]c(=O)ccc23)ccc1NC(=O)CCCN(C)C(=O)CCN1CCC(OC(=O)Nc2ccccc2-c2ccccc2)CC1. The number of anilines is 2. The maximum atomic E-state index is 12.9. The Morgan fingerprint density at radius 2 is 1.67 bits per heavy atom. The highest BCUT2D eigenvalue weighted by Gasteiger charge is 2.23. The second-order valence-corrected chi connectivity index (χ2v) is 14.6. The van der Waals surface area contributed by atoms with Crippen LogP contribution < -0.4 is 21.5 Å². The van der Waals surface area contributed by atoms with Crippen LogP contribution in [0.4, 0.5) is 16.2 Å². The fraction of sp³-hybridized carbons (Fsp3) is 0.333. The van der Waals surface area contributed by atoms with Crippen molar-refractivity contribution < 1.29 is 24.2 Å². The molecule has 0 aliphatic carbocycles. The third kappa shape index (κ3) is 11.5. The Bertz CT molecular complexity index is 2220. The van der Waals surface area contributed by atoms with Gasteiger partial charge in [0.25, 0.3) is 0 Å². The van der Waals surface area contributed by atoms with Gasteiger partial charge in [-0.1, -0.05) is 66.7 Å². The number of phenolic OH excluding ortho intramolecular Hbond substituents is 1. The van der Waals surface area contributed by atoms with Gasteiger partial charge in [0.15, 0.2) is 0 Å². The average molecular weight is 773 g/mol. The Labute approximate surface area is 333 Å². The van der Waals surface area contributed by atoms with Gasteiger partial charge in [0.05, 0.1) is 11.2 Å². The third-order valence-electron chi connectivity index (χ3n) is 10.5. The largest absolute Gasteiger partial charge is 0.506 e. The molecule has 1 fully saturated rings. The summed E-state index contributed by atoms with van der Waals surface area (Å²) in [6.45, 7) is 5.94. The molecule has 0 unspecified atom stereocenters. The summed E-state index contributed by atoms with van der Waals surface area (Å²) in [6, 6.07) is 30.2. The molecule has 12 nitrogen and oxygen atoms in total. The van der Waals surface area contributed by atoms with Gasteiger partial charge in [0.2, 0.25) is 17.4 Å². The van der Waals surface area contributed by atoms with Crippen molar-refractivity contribution in [2.24, 2.45) is 0 Å². The van der Waals surface area contributed by atoms with Gasteiger partial charge in [-0.15, -0.1) is 0 Å². The maximum absolute atomic E-state index is 12.9. The van der Waals surface area contributed by atoms with Crippen molar-refractivity contribution in [3.05, 3.63) is 124 Å². The number of piperidine rings is 1. The molecule has 298 valence electrons. The van der Waals surface area contributed by atoms with Crippen LogP contribution in [0, 0.1) is 6.92 Å². The topological polar surface area (TPSA) is 156 Å². The van der Waals surface area contributed by atoms with Crippen molar-refractivity contribution >= 4 is 40.2 Å². The summed E-state index contributed by atoms with van der Waals surface area (Å²) in [7, 11) is 1.78. The summed E-state index contributed by atoms with van der Waals surface area (Å²) in [5.41, 5.74) is 6.70. The second-order valence-electron chi connectivity index (χ2n) is 14.6. The van der Waals surface area contributed by atoms with Gasteiger partial charge in [0.1, 0.15) is 11.9 Å². The molecule has 0 saturated carbocycles. The number of pyridine rings is 1. The van der Waals surface area contributed by atoms with Crippen LogP contribution >= 0.6 is 0 Å². The van der Waals surface area contributed by atoms with E-state index in [4.69, 9.17) is 4.74 Å². The summed E-state index contributed by atoms with van der Waals surface area (Å²) in [6.07, 6.45) is 2.74. The smallest absolute Gasteiger partial charge is 0.411 e. The number of H-pyrrole nitrogens is 1. The number of carbonyl (C=O) groups is 3. The number of nitrogens with one attached hydrogen (secondary N) is 4. The summed E-state index contributed by atoms with van der Waals surface area (Å²) < 4.78 is 5.76. The van der Waals surface area contributed by atoms with Crippen LogP contribution in [0.3, 0.4) is 0 Å². The van der Waals surface area contributed by atoms with Crippen molar-refractivity contribution in [3.63, 3.8) is 0 Å². The summed E-state index contributed by atoms with van der Waals surface area (Å²) in [4.78, 5) is 56.7. The quantitative estimate of drug-likeness (QED) is 0.0685. The van der Waals surface area contributed by atoms with E-state index in [1.807, 2.05) is 79.7 Å². The molecule has 2 heterocycles. The van der Waals surface area contributed by atoms with Crippen LogP contribution in [0.15, 0.2) is 102 Å². The Morgan fingerprint density at radius 1 is 0.895 bits per heavy atom. The number of fused-ring (bicyclic) bond motifs is 1. The first-order chi connectivity index (χ1) is 27.6. The fourth-order valence-corrected chi connectivity index (χ4v) is 7.21. The number of hydrogen-bond acceptors (Lipinski definition) is 8. The van der Waals surface area contributed by atoms with Crippen molar-refractivity contribution in [1.82, 2.24) is 20.1 Å². The number of aromatic nitrogens is 1. The molecule has 6 rings (SSSR count). The van der Waals surface area contributed by atoms with E-state index in [0.29, 0.717) is 69.5 Å². The number of aryl methyl sites for hydroxylation is 1. The number of carbonyl (C=O) groups excluding carboxylic acids is 3. The molecule has 5 N–H and O–H groups in total. The standard InChI is InChI=1S/C45H52N6O6/c1-31-29-32(30-46-24-20-34-15-18-40(52)44-37(34)16-19-42(54)49-44)14-17-38(31)47-41(53)13-8-25-50(2)43(55)23-28-51-26-21-35(22-27-51)57-45(56)48-39-12-7-6-11-36(39)33-9-4-3-5-10-33/h3-7,9-12,14-19,29,35,46,52H,8,13,20-28,30H2,1-2H3,(H,47,53)(H,48,56)(H,49,54). The number of amides is 3. The zero-order valence-corrected chi connectivity index (χ0v) is 32.7. The zero-order valence-electron chi connectivity index (χ0n) is 32.7. The number of rotatable bonds is 16. The van der Waals surface area contributed by atoms with Crippen LogP contribution in [0.5, 0.6) is 5.75 Å². The molecule has 4 aromatic carbocycles. The van der Waals surface area contributed by atoms with Gasteiger partial charge >= 0.3 is 6.09 Å². The van der Waals surface area contributed by atoms with Gasteiger partial charge in [0, 0.05) is 75.3 Å². The van der Waals surface area contributed by atoms with Gasteiger partial charge < -0.3 is 35.3 Å². The molecule has 1 saturated heterocycles. The van der Waals surface area contributed by atoms with Crippen molar-refractivity contribution in [2.45, 2.75) is 58.1 Å². The van der Waals surface area contributed by atoms with Crippen LogP contribution in [0.1, 0.15) is 48.8 Å². The summed E-state index contributed by atoms with van der Waals surface area (Å²) >= 11 is 0. The molecule has 1 aliphatic heterocycles. The molecule has 0 spiro atoms. The molecule has 1 aliphatic rings. The van der Waals surface area contributed by atoms with Crippen molar-refractivity contribution in [3.8, 4) is 16.9 Å². The lowest BCUT2D eigenvalue weighted by atomic mass is 10.0. The maximum Gasteiger partial charge on any atom is 0.411 e. The van der Waals surface area contributed by atoms with E-state index >= 15 is 0 Å². The number of para-hydroxylation sites is 1. The van der Waals surface area contributed by atoms with Gasteiger partial charge in [-0.3, -0.25) is 19.7 Å².